The van der Waals surface area contributed by atoms with Crippen molar-refractivity contribution in [2.75, 3.05) is 0 Å². The number of aryl methyl sites for hydroxylation is 2. The van der Waals surface area contributed by atoms with Crippen molar-refractivity contribution in [1.29, 1.82) is 0 Å². The minimum Gasteiger partial charge on any atom is -0.511 e. The summed E-state index contributed by atoms with van der Waals surface area (Å²) in [5, 5.41) is 4.67. The van der Waals surface area contributed by atoms with Crippen LogP contribution in [0.15, 0.2) is 96.1 Å². The van der Waals surface area contributed by atoms with Gasteiger partial charge in [0.05, 0.1) is 5.52 Å². The summed E-state index contributed by atoms with van der Waals surface area (Å²) < 4.78 is 11.6. The van der Waals surface area contributed by atoms with Gasteiger partial charge in [-0.15, -0.1) is 41.3 Å². The Bertz CT molecular complexity index is 3010. The van der Waals surface area contributed by atoms with Crippen molar-refractivity contribution in [3.8, 4) is 11.4 Å². The fourth-order valence-electron chi connectivity index (χ4n) is 9.35. The number of pyridine rings is 1. The van der Waals surface area contributed by atoms with Gasteiger partial charge in [0.1, 0.15) is 22.7 Å². The van der Waals surface area contributed by atoms with Crippen LogP contribution in [0.5, 0.6) is 0 Å². The number of hydrogen-bond acceptors (Lipinski definition) is 3. The van der Waals surface area contributed by atoms with Crippen LogP contribution in [0, 0.1) is 32.9 Å². The predicted molar refractivity (Wildman–Crippen MR) is 231 cm³/mol. The van der Waals surface area contributed by atoms with Crippen molar-refractivity contribution < 1.29 is 25.8 Å². The van der Waals surface area contributed by atoms with Crippen LogP contribution in [-0.2, 0) is 43.2 Å². The third-order valence-electron chi connectivity index (χ3n) is 13.0. The fourth-order valence-corrected chi connectivity index (χ4v) is 9.35. The minimum absolute atomic E-state index is 0. The third kappa shape index (κ3) is 5.44. The topological polar surface area (TPSA) is 44.3 Å². The van der Waals surface area contributed by atoms with Crippen molar-refractivity contribution in [3.05, 3.63) is 148 Å². The molecule has 0 N–H and O–H groups in total. The molecular weight excluding hydrogens is 880 g/mol. The maximum Gasteiger partial charge on any atom is 2.00 e. The number of fused-ring (bicyclic) bond motifs is 9. The Kier molecular flexibility index (Phi) is 8.41. The molecular formula is C51H48N4OPt. The average Bonchev–Trinajstić information content (AvgIpc) is 3.82. The Morgan fingerprint density at radius 3 is 2.30 bits per heavy atom. The van der Waals surface area contributed by atoms with E-state index in [1.807, 2.05) is 12.3 Å². The van der Waals surface area contributed by atoms with Crippen LogP contribution in [0.1, 0.15) is 98.9 Å². The van der Waals surface area contributed by atoms with Crippen LogP contribution in [0.4, 0.5) is 0 Å². The van der Waals surface area contributed by atoms with E-state index in [2.05, 4.69) is 169 Å². The smallest absolute Gasteiger partial charge is 0.511 e. The number of benzene rings is 5. The Hall–Kier alpha value is -4.99. The molecule has 4 heterocycles. The largest absolute Gasteiger partial charge is 2.00 e. The second-order valence-corrected chi connectivity index (χ2v) is 18.1. The Balaban J connectivity index is 0.00000422. The van der Waals surface area contributed by atoms with E-state index in [-0.39, 0.29) is 32.4 Å². The number of rotatable bonds is 4. The van der Waals surface area contributed by atoms with Gasteiger partial charge in [-0.1, -0.05) is 87.3 Å². The second kappa shape index (κ2) is 12.8. The van der Waals surface area contributed by atoms with Gasteiger partial charge in [0.2, 0.25) is 0 Å². The van der Waals surface area contributed by atoms with Gasteiger partial charge in [-0.25, -0.2) is 4.98 Å². The van der Waals surface area contributed by atoms with Crippen molar-refractivity contribution in [2.45, 2.75) is 98.1 Å². The first-order valence-corrected chi connectivity index (χ1v) is 20.0. The Morgan fingerprint density at radius 1 is 0.772 bits per heavy atom. The molecule has 5 nitrogen and oxygen atoms in total. The normalized spacial score (nSPS) is 19.0. The SMILES string of the molecule is Cc1ccc2c(c1)c1ccc(-n3c4ccc(C(C)(C)C)cc4c4cccnc43)[c-]c1n2-c1[c-]c(C2=N[C@]3(C)c4ccc(C)c(C)c4C[C@]3(C)O2)cc(C(C)C)c1.[Pt+2]. The van der Waals surface area contributed by atoms with Crippen molar-refractivity contribution in [1.82, 2.24) is 14.1 Å². The third-order valence-corrected chi connectivity index (χ3v) is 13.0. The standard InChI is InChI=1S/C51H48N4O.Pt/c1-29(2)33-23-34(48-53-51(10)43-18-14-31(4)32(5)42(43)28-50(51,9)56-48)25-37(24-33)54-44-19-13-30(3)22-40(44)38-17-16-36(27-46(38)54)55-45-20-15-35(49(6,7)8)26-41(45)39-12-11-21-52-47(39)55;/h11-24,26,29H,28H2,1-10H3;/q-2;+2/t50-,51+;/m0./s1. The monoisotopic (exact) mass is 927 g/mol. The number of hydrogen-bond donors (Lipinski definition) is 0. The first-order chi connectivity index (χ1) is 26.6. The van der Waals surface area contributed by atoms with Gasteiger partial charge in [0.15, 0.2) is 0 Å². The van der Waals surface area contributed by atoms with Crippen LogP contribution >= 0.6 is 0 Å². The van der Waals surface area contributed by atoms with Gasteiger partial charge in [-0.05, 0) is 115 Å². The van der Waals surface area contributed by atoms with Crippen molar-refractivity contribution in [2.24, 2.45) is 4.99 Å². The predicted octanol–water partition coefficient (Wildman–Crippen LogP) is 12.2. The molecule has 0 bridgehead atoms. The average molecular weight is 928 g/mol. The van der Waals surface area contributed by atoms with Gasteiger partial charge in [-0.2, -0.15) is 6.07 Å². The zero-order chi connectivity index (χ0) is 39.1. The molecule has 0 saturated heterocycles. The van der Waals surface area contributed by atoms with Gasteiger partial charge in [0.25, 0.3) is 0 Å². The van der Waals surface area contributed by atoms with E-state index in [0.29, 0.717) is 5.90 Å². The van der Waals surface area contributed by atoms with E-state index < -0.39 is 11.1 Å². The molecule has 1 aliphatic carbocycles. The molecule has 2 aliphatic rings. The summed E-state index contributed by atoms with van der Waals surface area (Å²) in [6.45, 7) is 22.4. The number of aliphatic imine (C=N–C) groups is 1. The molecule has 6 heteroatoms. The molecule has 0 saturated carbocycles. The van der Waals surface area contributed by atoms with Crippen molar-refractivity contribution in [3.63, 3.8) is 0 Å². The Labute approximate surface area is 350 Å². The summed E-state index contributed by atoms with van der Waals surface area (Å²) in [5.74, 6) is 0.938. The summed E-state index contributed by atoms with van der Waals surface area (Å²) in [5.41, 5.74) is 15.0. The van der Waals surface area contributed by atoms with E-state index in [0.717, 1.165) is 56.3 Å². The molecule has 2 atom stereocenters. The molecule has 0 radical (unpaired) electrons. The van der Waals surface area contributed by atoms with Gasteiger partial charge >= 0.3 is 21.1 Å². The fraction of sp³-hybridized carbons (Fsp3) is 0.294. The first kappa shape index (κ1) is 37.6. The summed E-state index contributed by atoms with van der Waals surface area (Å²) in [6.07, 6.45) is 2.72. The minimum atomic E-state index is -0.491. The second-order valence-electron chi connectivity index (χ2n) is 18.1. The van der Waals surface area contributed by atoms with Crippen LogP contribution in [0.2, 0.25) is 0 Å². The first-order valence-electron chi connectivity index (χ1n) is 20.0. The van der Waals surface area contributed by atoms with E-state index in [9.17, 15) is 0 Å². The molecule has 1 aliphatic heterocycles. The zero-order valence-corrected chi connectivity index (χ0v) is 36.7. The molecule has 0 fully saturated rings. The summed E-state index contributed by atoms with van der Waals surface area (Å²) in [7, 11) is 0. The maximum absolute atomic E-state index is 7.01. The molecule has 0 amide bonds. The van der Waals surface area contributed by atoms with E-state index >= 15 is 0 Å². The molecule has 288 valence electrons. The molecule has 10 rings (SSSR count). The summed E-state index contributed by atoms with van der Waals surface area (Å²) in [6, 6.07) is 39.0. The number of nitrogens with zero attached hydrogens (tertiary/aromatic N) is 4. The van der Waals surface area contributed by atoms with E-state index in [1.165, 1.54) is 49.7 Å². The van der Waals surface area contributed by atoms with Crippen LogP contribution in [-0.4, -0.2) is 25.6 Å². The molecule has 5 aromatic carbocycles. The molecule has 0 unspecified atom stereocenters. The Morgan fingerprint density at radius 2 is 1.53 bits per heavy atom. The quantitative estimate of drug-likeness (QED) is 0.165. The van der Waals surface area contributed by atoms with E-state index in [4.69, 9.17) is 14.7 Å². The summed E-state index contributed by atoms with van der Waals surface area (Å²) >= 11 is 0. The molecule has 3 aromatic heterocycles. The van der Waals surface area contributed by atoms with Gasteiger partial charge in [-0.3, -0.25) is 4.99 Å². The van der Waals surface area contributed by atoms with Crippen LogP contribution < -0.4 is 0 Å². The van der Waals surface area contributed by atoms with Crippen molar-refractivity contribution >= 4 is 49.6 Å². The maximum atomic E-state index is 7.01. The number of ether oxygens (including phenoxy) is 1. The van der Waals surface area contributed by atoms with Crippen LogP contribution in [0.3, 0.4) is 0 Å². The van der Waals surface area contributed by atoms with E-state index in [1.54, 1.807) is 0 Å². The molecule has 0 spiro atoms. The number of aromatic nitrogens is 3. The molecule has 8 aromatic rings. The molecule has 57 heavy (non-hydrogen) atoms. The van der Waals surface area contributed by atoms with Crippen LogP contribution in [0.25, 0.3) is 55.1 Å². The zero-order valence-electron chi connectivity index (χ0n) is 34.5. The van der Waals surface area contributed by atoms with Gasteiger partial charge < -0.3 is 13.9 Å². The summed E-state index contributed by atoms with van der Waals surface area (Å²) in [4.78, 5) is 10.4. The van der Waals surface area contributed by atoms with Gasteiger partial charge in [0, 0.05) is 28.9 Å².